The summed E-state index contributed by atoms with van der Waals surface area (Å²) in [6, 6.07) is 14.6. The summed E-state index contributed by atoms with van der Waals surface area (Å²) in [6.45, 7) is 5.71. The van der Waals surface area contributed by atoms with Crippen molar-refractivity contribution < 1.29 is 32.3 Å². The molecule has 0 saturated heterocycles. The molecule has 0 spiro atoms. The maximum Gasteiger partial charge on any atom is 0.454 e. The minimum atomic E-state index is -5.41. The fourth-order valence-electron chi connectivity index (χ4n) is 4.71. The number of carbonyl (C=O) groups excluding carboxylic acids is 4. The summed E-state index contributed by atoms with van der Waals surface area (Å²) >= 11 is 0. The maximum atomic E-state index is 14.3. The third-order valence-corrected chi connectivity index (χ3v) is 6.59. The quantitative estimate of drug-likeness (QED) is 0.553. The van der Waals surface area contributed by atoms with Crippen LogP contribution in [0, 0.1) is 5.92 Å². The number of nitrogens with zero attached hydrogens (tertiary/aromatic N) is 2. The normalized spacial score (nSPS) is 18.3. The lowest BCUT2D eigenvalue weighted by atomic mass is 9.86. The van der Waals surface area contributed by atoms with Crippen LogP contribution in [0.25, 0.3) is 5.70 Å². The average molecular weight is 530 g/mol. The number of Topliss-reactive ketones (excluding diaryl/α,β-unsaturated/α-hetero) is 1. The zero-order chi connectivity index (χ0) is 28.3. The number of hydrogen-bond acceptors (Lipinski definition) is 4. The van der Waals surface area contributed by atoms with Gasteiger partial charge in [-0.25, -0.2) is 0 Å². The van der Waals surface area contributed by atoms with Crippen molar-refractivity contribution in [1.29, 1.82) is 0 Å². The Hall–Kier alpha value is -3.95. The summed E-state index contributed by atoms with van der Waals surface area (Å²) in [5, 5.41) is 2.22. The van der Waals surface area contributed by atoms with E-state index in [1.54, 1.807) is 62.4 Å². The number of rotatable bonds is 8. The minimum absolute atomic E-state index is 0.118. The van der Waals surface area contributed by atoms with E-state index in [0.29, 0.717) is 6.42 Å². The highest BCUT2D eigenvalue weighted by molar-refractivity contribution is 6.05. The zero-order valence-corrected chi connectivity index (χ0v) is 21.6. The molecular formula is C28H30F3N3O4. The fourth-order valence-corrected chi connectivity index (χ4v) is 4.71. The van der Waals surface area contributed by atoms with Crippen LogP contribution in [0.5, 0.6) is 0 Å². The van der Waals surface area contributed by atoms with Crippen LogP contribution in [-0.2, 0) is 25.6 Å². The summed E-state index contributed by atoms with van der Waals surface area (Å²) in [7, 11) is 0. The van der Waals surface area contributed by atoms with E-state index in [4.69, 9.17) is 0 Å². The van der Waals surface area contributed by atoms with Crippen LogP contribution < -0.4 is 5.32 Å². The van der Waals surface area contributed by atoms with Crippen LogP contribution in [0.15, 0.2) is 66.9 Å². The minimum Gasteiger partial charge on any atom is -0.326 e. The second kappa shape index (κ2) is 11.2. The van der Waals surface area contributed by atoms with Crippen molar-refractivity contribution in [2.24, 2.45) is 5.92 Å². The number of nitrogens with one attached hydrogen (secondary N) is 1. The van der Waals surface area contributed by atoms with Gasteiger partial charge in [-0.15, -0.1) is 0 Å². The van der Waals surface area contributed by atoms with Crippen molar-refractivity contribution in [3.63, 3.8) is 0 Å². The van der Waals surface area contributed by atoms with E-state index >= 15 is 0 Å². The first kappa shape index (κ1) is 28.6. The van der Waals surface area contributed by atoms with E-state index in [0.717, 1.165) is 11.8 Å². The molecule has 0 fully saturated rings. The van der Waals surface area contributed by atoms with Crippen molar-refractivity contribution in [3.05, 3.63) is 78.0 Å². The van der Waals surface area contributed by atoms with Crippen molar-refractivity contribution in [2.75, 3.05) is 0 Å². The molecule has 7 nitrogen and oxygen atoms in total. The molecular weight excluding hydrogens is 499 g/mol. The van der Waals surface area contributed by atoms with Crippen molar-refractivity contribution in [3.8, 4) is 0 Å². The Balaban J connectivity index is 2.44. The van der Waals surface area contributed by atoms with Gasteiger partial charge in [-0.2, -0.15) is 13.2 Å². The van der Waals surface area contributed by atoms with Gasteiger partial charge in [0, 0.05) is 26.5 Å². The van der Waals surface area contributed by atoms with Gasteiger partial charge in [-0.05, 0) is 17.0 Å². The molecule has 38 heavy (non-hydrogen) atoms. The van der Waals surface area contributed by atoms with Crippen molar-refractivity contribution in [2.45, 2.75) is 58.4 Å². The highest BCUT2D eigenvalue weighted by Crippen LogP contribution is 2.40. The molecule has 0 aromatic heterocycles. The number of ketones is 1. The van der Waals surface area contributed by atoms with E-state index in [-0.39, 0.29) is 16.8 Å². The van der Waals surface area contributed by atoms with Gasteiger partial charge in [0.2, 0.25) is 11.8 Å². The Kier molecular flexibility index (Phi) is 8.44. The molecule has 0 saturated carbocycles. The Morgan fingerprint density at radius 2 is 1.53 bits per heavy atom. The molecule has 3 atom stereocenters. The molecule has 1 aliphatic heterocycles. The standard InChI is InChI=1S/C28H30F3N3O4/c1-5-18(2)24-25(37)34(23(17-33(24)20(4)36)22-14-10-7-11-15-22)27(32-19(3)35,26(38)28(29,30)31)16-21-12-8-6-9-13-21/h6-15,17-18,24H,5,16H2,1-4H3,(H,32,35). The third-order valence-electron chi connectivity index (χ3n) is 6.59. The smallest absolute Gasteiger partial charge is 0.326 e. The van der Waals surface area contributed by atoms with Crippen LogP contribution >= 0.6 is 0 Å². The molecule has 1 aliphatic rings. The molecule has 10 heteroatoms. The lowest BCUT2D eigenvalue weighted by molar-refractivity contribution is -0.187. The third kappa shape index (κ3) is 5.64. The summed E-state index contributed by atoms with van der Waals surface area (Å²) in [5.74, 6) is -5.12. The molecule has 3 rings (SSSR count). The summed E-state index contributed by atoms with van der Waals surface area (Å²) in [6.07, 6.45) is -4.36. The first-order chi connectivity index (χ1) is 17.8. The molecule has 3 unspecified atom stereocenters. The van der Waals surface area contributed by atoms with Gasteiger partial charge in [0.1, 0.15) is 6.04 Å². The zero-order valence-electron chi connectivity index (χ0n) is 21.6. The topological polar surface area (TPSA) is 86.8 Å². The number of amides is 3. The molecule has 3 amide bonds. The predicted molar refractivity (Wildman–Crippen MR) is 135 cm³/mol. The van der Waals surface area contributed by atoms with E-state index < -0.39 is 53.7 Å². The second-order valence-electron chi connectivity index (χ2n) is 9.34. The Bertz CT molecular complexity index is 1230. The second-order valence-corrected chi connectivity index (χ2v) is 9.34. The lowest BCUT2D eigenvalue weighted by Gasteiger charge is -2.49. The van der Waals surface area contributed by atoms with Crippen LogP contribution in [0.3, 0.4) is 0 Å². The van der Waals surface area contributed by atoms with Gasteiger partial charge >= 0.3 is 6.18 Å². The average Bonchev–Trinajstić information content (AvgIpc) is 2.87. The van der Waals surface area contributed by atoms with Crippen LogP contribution in [0.4, 0.5) is 13.2 Å². The number of halogens is 3. The SMILES string of the molecule is CCC(C)C1C(=O)N(C(Cc2ccccc2)(NC(C)=O)C(=O)C(F)(F)F)C(c2ccccc2)=CN1C(C)=O. The lowest BCUT2D eigenvalue weighted by Crippen LogP contribution is -2.73. The van der Waals surface area contributed by atoms with Crippen LogP contribution in [0.1, 0.15) is 45.2 Å². The van der Waals surface area contributed by atoms with Crippen molar-refractivity contribution >= 4 is 29.2 Å². The molecule has 0 radical (unpaired) electrons. The Labute approximate surface area is 219 Å². The largest absolute Gasteiger partial charge is 0.454 e. The fraction of sp³-hybridized carbons (Fsp3) is 0.357. The maximum absolute atomic E-state index is 14.3. The van der Waals surface area contributed by atoms with E-state index in [2.05, 4.69) is 5.32 Å². The summed E-state index contributed by atoms with van der Waals surface area (Å²) < 4.78 is 42.9. The molecule has 2 aromatic carbocycles. The first-order valence-electron chi connectivity index (χ1n) is 12.2. The van der Waals surface area contributed by atoms with E-state index in [1.165, 1.54) is 30.2 Å². The summed E-state index contributed by atoms with van der Waals surface area (Å²) in [5.41, 5.74) is -2.41. The predicted octanol–water partition coefficient (Wildman–Crippen LogP) is 4.30. The molecule has 2 aromatic rings. The van der Waals surface area contributed by atoms with Crippen molar-refractivity contribution in [1.82, 2.24) is 15.1 Å². The Morgan fingerprint density at radius 3 is 2.00 bits per heavy atom. The van der Waals surface area contributed by atoms with E-state index in [9.17, 15) is 32.3 Å². The first-order valence-corrected chi connectivity index (χ1v) is 12.2. The van der Waals surface area contributed by atoms with Crippen LogP contribution in [-0.4, -0.2) is 51.2 Å². The summed E-state index contributed by atoms with van der Waals surface area (Å²) in [4.78, 5) is 54.7. The number of carbonyl (C=O) groups is 4. The van der Waals surface area contributed by atoms with Gasteiger partial charge in [-0.1, -0.05) is 80.9 Å². The van der Waals surface area contributed by atoms with Gasteiger partial charge in [0.05, 0.1) is 5.70 Å². The molecule has 0 aliphatic carbocycles. The number of benzene rings is 2. The van der Waals surface area contributed by atoms with Gasteiger partial charge in [-0.3, -0.25) is 24.1 Å². The highest BCUT2D eigenvalue weighted by atomic mass is 19.4. The Morgan fingerprint density at radius 1 is 0.974 bits per heavy atom. The van der Waals surface area contributed by atoms with Crippen LogP contribution in [0.2, 0.25) is 0 Å². The monoisotopic (exact) mass is 529 g/mol. The number of alkyl halides is 3. The number of hydrogen-bond donors (Lipinski definition) is 1. The van der Waals surface area contributed by atoms with Gasteiger partial charge in [0.15, 0.2) is 5.66 Å². The molecule has 1 N–H and O–H groups in total. The highest BCUT2D eigenvalue weighted by Gasteiger charge is 2.61. The molecule has 202 valence electrons. The van der Waals surface area contributed by atoms with Gasteiger partial charge < -0.3 is 10.2 Å². The molecule has 1 heterocycles. The molecule has 0 bridgehead atoms. The van der Waals surface area contributed by atoms with E-state index in [1.807, 2.05) is 0 Å². The van der Waals surface area contributed by atoms with Gasteiger partial charge in [0.25, 0.3) is 11.7 Å².